The number of hydrogen-bond acceptors (Lipinski definition) is 3. The normalized spacial score (nSPS) is 18.3. The summed E-state index contributed by atoms with van der Waals surface area (Å²) < 4.78 is 5.46. The summed E-state index contributed by atoms with van der Waals surface area (Å²) in [6.45, 7) is 3.27. The number of aromatic nitrogens is 1. The second kappa shape index (κ2) is 7.45. The summed E-state index contributed by atoms with van der Waals surface area (Å²) in [5.74, 6) is 0.281. The predicted octanol–water partition coefficient (Wildman–Crippen LogP) is 2.58. The molecule has 0 spiro atoms. The predicted molar refractivity (Wildman–Crippen MR) is 92.0 cm³/mol. The summed E-state index contributed by atoms with van der Waals surface area (Å²) in [5.41, 5.74) is 1.96. The quantitative estimate of drug-likeness (QED) is 0.887. The average molecular weight is 326 g/mol. The van der Waals surface area contributed by atoms with Crippen LogP contribution in [0.5, 0.6) is 0 Å². The third-order valence-corrected chi connectivity index (χ3v) is 4.46. The number of benzene rings is 1. The van der Waals surface area contributed by atoms with Gasteiger partial charge in [0.2, 0.25) is 5.56 Å². The molecule has 2 heterocycles. The molecule has 1 fully saturated rings. The summed E-state index contributed by atoms with van der Waals surface area (Å²) in [7, 11) is 0. The maximum Gasteiger partial charge on any atom is 0.253 e. The Bertz CT molecular complexity index is 749. The zero-order chi connectivity index (χ0) is 16.9. The molecule has 0 bridgehead atoms. The Hall–Kier alpha value is -2.40. The van der Waals surface area contributed by atoms with Crippen LogP contribution < -0.4 is 10.9 Å². The van der Waals surface area contributed by atoms with Crippen LogP contribution in [0.3, 0.4) is 0 Å². The Balaban J connectivity index is 1.80. The zero-order valence-electron chi connectivity index (χ0n) is 13.7. The fourth-order valence-corrected chi connectivity index (χ4v) is 3.13. The van der Waals surface area contributed by atoms with E-state index in [1.54, 1.807) is 13.0 Å². The van der Waals surface area contributed by atoms with Gasteiger partial charge in [-0.1, -0.05) is 30.3 Å². The van der Waals surface area contributed by atoms with Crippen molar-refractivity contribution < 1.29 is 9.53 Å². The Kier molecular flexibility index (Phi) is 5.11. The Labute approximate surface area is 141 Å². The molecule has 5 heteroatoms. The van der Waals surface area contributed by atoms with Gasteiger partial charge in [-0.05, 0) is 37.3 Å². The molecule has 0 radical (unpaired) electrons. The van der Waals surface area contributed by atoms with Crippen LogP contribution in [0.2, 0.25) is 0 Å². The van der Waals surface area contributed by atoms with Crippen molar-refractivity contribution in [2.75, 3.05) is 13.2 Å². The van der Waals surface area contributed by atoms with Crippen LogP contribution in [0, 0.1) is 12.8 Å². The first-order chi connectivity index (χ1) is 11.6. The number of amides is 1. The summed E-state index contributed by atoms with van der Waals surface area (Å²) in [6, 6.07) is 12.9. The van der Waals surface area contributed by atoms with E-state index >= 15 is 0 Å². The van der Waals surface area contributed by atoms with Gasteiger partial charge in [-0.15, -0.1) is 0 Å². The van der Waals surface area contributed by atoms with Crippen molar-refractivity contribution >= 4 is 5.91 Å². The largest absolute Gasteiger partial charge is 0.381 e. The molecule has 2 N–H and O–H groups in total. The molecule has 1 amide bonds. The third kappa shape index (κ3) is 3.92. The molecule has 0 unspecified atom stereocenters. The molecule has 2 atom stereocenters. The molecule has 0 saturated carbocycles. The van der Waals surface area contributed by atoms with Crippen molar-refractivity contribution in [2.24, 2.45) is 5.92 Å². The van der Waals surface area contributed by atoms with Gasteiger partial charge in [0.1, 0.15) is 0 Å². The van der Waals surface area contributed by atoms with Gasteiger partial charge < -0.3 is 15.0 Å². The van der Waals surface area contributed by atoms with Crippen LogP contribution in [0.15, 0.2) is 47.3 Å². The molecule has 3 rings (SSSR count). The molecule has 1 aromatic heterocycles. The first kappa shape index (κ1) is 16.5. The van der Waals surface area contributed by atoms with E-state index < -0.39 is 0 Å². The van der Waals surface area contributed by atoms with E-state index in [1.807, 2.05) is 30.3 Å². The van der Waals surface area contributed by atoms with Crippen molar-refractivity contribution in [2.45, 2.75) is 25.8 Å². The monoisotopic (exact) mass is 326 g/mol. The number of pyridine rings is 1. The number of aryl methyl sites for hydroxylation is 1. The highest BCUT2D eigenvalue weighted by Crippen LogP contribution is 2.27. The van der Waals surface area contributed by atoms with Crippen LogP contribution in [-0.4, -0.2) is 24.1 Å². The Morgan fingerprint density at radius 3 is 2.75 bits per heavy atom. The zero-order valence-corrected chi connectivity index (χ0v) is 13.7. The molecule has 1 aliphatic heterocycles. The van der Waals surface area contributed by atoms with Gasteiger partial charge >= 0.3 is 0 Å². The van der Waals surface area contributed by atoms with Crippen LogP contribution in [0.25, 0.3) is 0 Å². The lowest BCUT2D eigenvalue weighted by atomic mass is 9.94. The number of ether oxygens (including phenoxy) is 1. The molecular formula is C19H22N2O3. The van der Waals surface area contributed by atoms with Gasteiger partial charge in [0.25, 0.3) is 5.91 Å². The number of carbonyl (C=O) groups excluding carboxylic acids is 1. The number of hydrogen-bond donors (Lipinski definition) is 2. The van der Waals surface area contributed by atoms with Gasteiger partial charge in [0.15, 0.2) is 0 Å². The van der Waals surface area contributed by atoms with Gasteiger partial charge in [-0.2, -0.15) is 0 Å². The van der Waals surface area contributed by atoms with Crippen molar-refractivity contribution in [3.8, 4) is 0 Å². The van der Waals surface area contributed by atoms with Crippen LogP contribution in [0.4, 0.5) is 0 Å². The average Bonchev–Trinajstić information content (AvgIpc) is 3.08. The topological polar surface area (TPSA) is 71.2 Å². The van der Waals surface area contributed by atoms with E-state index in [0.29, 0.717) is 17.2 Å². The second-order valence-electron chi connectivity index (χ2n) is 6.26. The lowest BCUT2D eigenvalue weighted by Crippen LogP contribution is -2.31. The Morgan fingerprint density at radius 1 is 1.29 bits per heavy atom. The van der Waals surface area contributed by atoms with Gasteiger partial charge in [0.05, 0.1) is 11.6 Å². The first-order valence-corrected chi connectivity index (χ1v) is 8.27. The standard InChI is InChI=1S/C19H22N2O3/c1-13-16(7-8-18(22)20-13)19(23)21-17(11-14-9-10-24-12-14)15-5-3-2-4-6-15/h2-8,14,17H,9-12H2,1H3,(H,20,22)(H,21,23)/t14-,17-/m0/s1. The summed E-state index contributed by atoms with van der Waals surface area (Å²) >= 11 is 0. The highest BCUT2D eigenvalue weighted by atomic mass is 16.5. The third-order valence-electron chi connectivity index (χ3n) is 4.46. The van der Waals surface area contributed by atoms with E-state index in [-0.39, 0.29) is 17.5 Å². The van der Waals surface area contributed by atoms with E-state index in [4.69, 9.17) is 4.74 Å². The van der Waals surface area contributed by atoms with Crippen molar-refractivity contribution in [1.29, 1.82) is 0 Å². The van der Waals surface area contributed by atoms with Gasteiger partial charge in [-0.25, -0.2) is 0 Å². The molecule has 1 aromatic carbocycles. The van der Waals surface area contributed by atoms with Crippen molar-refractivity contribution in [3.63, 3.8) is 0 Å². The lowest BCUT2D eigenvalue weighted by molar-refractivity contribution is 0.0927. The molecule has 2 aromatic rings. The number of rotatable bonds is 5. The number of nitrogens with one attached hydrogen (secondary N) is 2. The number of H-pyrrole nitrogens is 1. The van der Waals surface area contributed by atoms with Crippen molar-refractivity contribution in [3.05, 3.63) is 69.6 Å². The van der Waals surface area contributed by atoms with E-state index in [0.717, 1.165) is 31.6 Å². The van der Waals surface area contributed by atoms with E-state index in [9.17, 15) is 9.59 Å². The van der Waals surface area contributed by atoms with Crippen LogP contribution in [-0.2, 0) is 4.74 Å². The van der Waals surface area contributed by atoms with E-state index in [1.165, 1.54) is 6.07 Å². The van der Waals surface area contributed by atoms with Crippen molar-refractivity contribution in [1.82, 2.24) is 10.3 Å². The lowest BCUT2D eigenvalue weighted by Gasteiger charge is -2.22. The molecule has 0 aliphatic carbocycles. The van der Waals surface area contributed by atoms with E-state index in [2.05, 4.69) is 10.3 Å². The smallest absolute Gasteiger partial charge is 0.253 e. The highest BCUT2D eigenvalue weighted by molar-refractivity contribution is 5.95. The van der Waals surface area contributed by atoms with Gasteiger partial charge in [0, 0.05) is 25.0 Å². The minimum absolute atomic E-state index is 0.0725. The van der Waals surface area contributed by atoms with Gasteiger partial charge in [-0.3, -0.25) is 9.59 Å². The minimum Gasteiger partial charge on any atom is -0.381 e. The Morgan fingerprint density at radius 2 is 2.08 bits per heavy atom. The van der Waals surface area contributed by atoms with Crippen LogP contribution >= 0.6 is 0 Å². The fourth-order valence-electron chi connectivity index (χ4n) is 3.13. The molecule has 5 nitrogen and oxygen atoms in total. The molecule has 126 valence electrons. The number of aromatic amines is 1. The molecule has 24 heavy (non-hydrogen) atoms. The SMILES string of the molecule is Cc1[nH]c(=O)ccc1C(=O)N[C@@H](C[C@@H]1CCOC1)c1ccccc1. The van der Waals surface area contributed by atoms with Crippen LogP contribution in [0.1, 0.15) is 40.5 Å². The highest BCUT2D eigenvalue weighted by Gasteiger charge is 2.24. The second-order valence-corrected chi connectivity index (χ2v) is 6.26. The summed E-state index contributed by atoms with van der Waals surface area (Å²) in [4.78, 5) is 26.7. The maximum absolute atomic E-state index is 12.7. The first-order valence-electron chi connectivity index (χ1n) is 8.27. The molecule has 1 aliphatic rings. The molecule has 1 saturated heterocycles. The fraction of sp³-hybridized carbons (Fsp3) is 0.368. The number of carbonyl (C=O) groups is 1. The summed E-state index contributed by atoms with van der Waals surface area (Å²) in [5, 5.41) is 3.12. The summed E-state index contributed by atoms with van der Waals surface area (Å²) in [6.07, 6.45) is 1.87. The molecular weight excluding hydrogens is 304 g/mol. The maximum atomic E-state index is 12.7. The minimum atomic E-state index is -0.202.